The van der Waals surface area contributed by atoms with Crippen molar-refractivity contribution in [3.63, 3.8) is 0 Å². The monoisotopic (exact) mass is 332 g/mol. The standard InChI is InChI=1S/C12H13IO3/c1-2-11(13)12(14)16-10-4-3-8-6-15-7-9(8)5-10/h3-5,11H,2,6-7H2,1H3. The zero-order chi connectivity index (χ0) is 11.5. The summed E-state index contributed by atoms with van der Waals surface area (Å²) in [4.78, 5) is 11.6. The SMILES string of the molecule is CCC(I)C(=O)Oc1ccc2c(c1)COC2. The molecule has 86 valence electrons. The Balaban J connectivity index is 2.08. The predicted octanol–water partition coefficient (Wildman–Crippen LogP) is 2.84. The van der Waals surface area contributed by atoms with Gasteiger partial charge in [-0.2, -0.15) is 0 Å². The van der Waals surface area contributed by atoms with Crippen LogP contribution in [0, 0.1) is 0 Å². The molecule has 0 spiro atoms. The van der Waals surface area contributed by atoms with E-state index in [9.17, 15) is 4.79 Å². The lowest BCUT2D eigenvalue weighted by Crippen LogP contribution is -2.19. The third-order valence-corrected chi connectivity index (χ3v) is 3.91. The summed E-state index contributed by atoms with van der Waals surface area (Å²) >= 11 is 2.10. The van der Waals surface area contributed by atoms with E-state index in [-0.39, 0.29) is 9.89 Å². The summed E-state index contributed by atoms with van der Waals surface area (Å²) in [6, 6.07) is 5.67. The van der Waals surface area contributed by atoms with Crippen LogP contribution in [0.3, 0.4) is 0 Å². The van der Waals surface area contributed by atoms with Crippen LogP contribution < -0.4 is 4.74 Å². The third kappa shape index (κ3) is 2.55. The van der Waals surface area contributed by atoms with Crippen molar-refractivity contribution in [2.24, 2.45) is 0 Å². The largest absolute Gasteiger partial charge is 0.426 e. The van der Waals surface area contributed by atoms with E-state index in [4.69, 9.17) is 9.47 Å². The van der Waals surface area contributed by atoms with Crippen LogP contribution in [0.25, 0.3) is 0 Å². The van der Waals surface area contributed by atoms with Crippen molar-refractivity contribution in [2.45, 2.75) is 30.5 Å². The van der Waals surface area contributed by atoms with Gasteiger partial charge in [-0.15, -0.1) is 0 Å². The summed E-state index contributed by atoms with van der Waals surface area (Å²) in [5, 5.41) is 0. The van der Waals surface area contributed by atoms with Gasteiger partial charge in [0, 0.05) is 0 Å². The Morgan fingerprint density at radius 2 is 2.25 bits per heavy atom. The zero-order valence-corrected chi connectivity index (χ0v) is 11.2. The highest BCUT2D eigenvalue weighted by Gasteiger charge is 2.17. The van der Waals surface area contributed by atoms with Gasteiger partial charge in [-0.05, 0) is 29.7 Å². The molecule has 2 rings (SSSR count). The fraction of sp³-hybridized carbons (Fsp3) is 0.417. The Labute approximate surface area is 108 Å². The first-order chi connectivity index (χ1) is 7.70. The second kappa shape index (κ2) is 5.14. The molecule has 1 heterocycles. The Bertz CT molecular complexity index is 403. The van der Waals surface area contributed by atoms with Crippen LogP contribution in [0.2, 0.25) is 0 Å². The number of hydrogen-bond donors (Lipinski definition) is 0. The minimum Gasteiger partial charge on any atom is -0.426 e. The summed E-state index contributed by atoms with van der Waals surface area (Å²) < 4.78 is 10.5. The molecule has 1 aliphatic heterocycles. The van der Waals surface area contributed by atoms with Gasteiger partial charge < -0.3 is 9.47 Å². The van der Waals surface area contributed by atoms with E-state index in [0.29, 0.717) is 19.0 Å². The fourth-order valence-electron chi connectivity index (χ4n) is 1.56. The van der Waals surface area contributed by atoms with Crippen molar-refractivity contribution < 1.29 is 14.3 Å². The Hall–Kier alpha value is -0.620. The first-order valence-corrected chi connectivity index (χ1v) is 6.50. The molecule has 1 aromatic rings. The first kappa shape index (κ1) is 11.9. The van der Waals surface area contributed by atoms with Gasteiger partial charge in [0.05, 0.1) is 13.2 Å². The van der Waals surface area contributed by atoms with Crippen LogP contribution in [0.15, 0.2) is 18.2 Å². The number of carbonyl (C=O) groups is 1. The highest BCUT2D eigenvalue weighted by atomic mass is 127. The molecule has 0 N–H and O–H groups in total. The Morgan fingerprint density at radius 1 is 1.50 bits per heavy atom. The summed E-state index contributed by atoms with van der Waals surface area (Å²) in [7, 11) is 0. The van der Waals surface area contributed by atoms with Crippen molar-refractivity contribution in [3.05, 3.63) is 29.3 Å². The maximum atomic E-state index is 11.6. The lowest BCUT2D eigenvalue weighted by molar-refractivity contribution is -0.133. The minimum atomic E-state index is -0.179. The van der Waals surface area contributed by atoms with Crippen molar-refractivity contribution in [3.8, 4) is 5.75 Å². The minimum absolute atomic E-state index is 0.0814. The molecule has 0 aliphatic carbocycles. The van der Waals surface area contributed by atoms with Crippen LogP contribution in [0.5, 0.6) is 5.75 Å². The molecule has 1 atom stereocenters. The van der Waals surface area contributed by atoms with E-state index >= 15 is 0 Å². The van der Waals surface area contributed by atoms with Gasteiger partial charge in [0.25, 0.3) is 0 Å². The summed E-state index contributed by atoms with van der Waals surface area (Å²) in [5.74, 6) is 0.436. The van der Waals surface area contributed by atoms with Crippen LogP contribution in [-0.2, 0) is 22.7 Å². The van der Waals surface area contributed by atoms with Crippen LogP contribution >= 0.6 is 22.6 Å². The van der Waals surface area contributed by atoms with E-state index in [1.807, 2.05) is 25.1 Å². The highest BCUT2D eigenvalue weighted by Crippen LogP contribution is 2.25. The molecule has 1 aliphatic rings. The van der Waals surface area contributed by atoms with Gasteiger partial charge >= 0.3 is 5.97 Å². The van der Waals surface area contributed by atoms with Crippen LogP contribution in [0.4, 0.5) is 0 Å². The topological polar surface area (TPSA) is 35.5 Å². The van der Waals surface area contributed by atoms with Crippen LogP contribution in [-0.4, -0.2) is 9.89 Å². The molecule has 4 heteroatoms. The van der Waals surface area contributed by atoms with Crippen LogP contribution in [0.1, 0.15) is 24.5 Å². The van der Waals surface area contributed by atoms with Crippen molar-refractivity contribution in [1.29, 1.82) is 0 Å². The lowest BCUT2D eigenvalue weighted by Gasteiger charge is -2.08. The maximum absolute atomic E-state index is 11.6. The molecule has 3 nitrogen and oxygen atoms in total. The van der Waals surface area contributed by atoms with E-state index < -0.39 is 0 Å². The molecule has 0 aromatic heterocycles. The molecule has 1 aromatic carbocycles. The molecule has 0 fully saturated rings. The average molecular weight is 332 g/mol. The number of halogens is 1. The number of esters is 1. The van der Waals surface area contributed by atoms with Gasteiger partial charge in [-0.25, -0.2) is 0 Å². The quantitative estimate of drug-likeness (QED) is 0.370. The second-order valence-electron chi connectivity index (χ2n) is 3.72. The average Bonchev–Trinajstić information content (AvgIpc) is 2.75. The van der Waals surface area contributed by atoms with Gasteiger partial charge in [0.1, 0.15) is 9.67 Å². The molecule has 0 saturated carbocycles. The number of hydrogen-bond acceptors (Lipinski definition) is 3. The molecular weight excluding hydrogens is 319 g/mol. The number of fused-ring (bicyclic) bond motifs is 1. The Morgan fingerprint density at radius 3 is 3.00 bits per heavy atom. The molecular formula is C12H13IO3. The summed E-state index contributed by atoms with van der Waals surface area (Å²) in [6.07, 6.45) is 0.785. The number of carbonyl (C=O) groups excluding carboxylic acids is 1. The summed E-state index contributed by atoms with van der Waals surface area (Å²) in [6.45, 7) is 3.24. The second-order valence-corrected chi connectivity index (χ2v) is 5.22. The van der Waals surface area contributed by atoms with E-state index in [1.54, 1.807) is 0 Å². The van der Waals surface area contributed by atoms with E-state index in [1.165, 1.54) is 5.56 Å². The number of ether oxygens (including phenoxy) is 2. The van der Waals surface area contributed by atoms with Crippen molar-refractivity contribution in [1.82, 2.24) is 0 Å². The number of alkyl halides is 1. The smallest absolute Gasteiger partial charge is 0.324 e. The highest BCUT2D eigenvalue weighted by molar-refractivity contribution is 14.1. The normalized spacial score (nSPS) is 15.6. The van der Waals surface area contributed by atoms with E-state index in [0.717, 1.165) is 12.0 Å². The summed E-state index contributed by atoms with van der Waals surface area (Å²) in [5.41, 5.74) is 2.30. The fourth-order valence-corrected chi connectivity index (χ4v) is 1.69. The zero-order valence-electron chi connectivity index (χ0n) is 9.03. The number of benzene rings is 1. The van der Waals surface area contributed by atoms with E-state index in [2.05, 4.69) is 22.6 Å². The Kier molecular flexibility index (Phi) is 3.81. The molecule has 0 bridgehead atoms. The third-order valence-electron chi connectivity index (χ3n) is 2.53. The lowest BCUT2D eigenvalue weighted by atomic mass is 10.1. The maximum Gasteiger partial charge on any atom is 0.324 e. The molecule has 16 heavy (non-hydrogen) atoms. The van der Waals surface area contributed by atoms with Gasteiger partial charge in [0.15, 0.2) is 0 Å². The van der Waals surface area contributed by atoms with Gasteiger partial charge in [-0.1, -0.05) is 35.6 Å². The van der Waals surface area contributed by atoms with Crippen molar-refractivity contribution in [2.75, 3.05) is 0 Å². The number of rotatable bonds is 3. The van der Waals surface area contributed by atoms with Crippen molar-refractivity contribution >= 4 is 28.6 Å². The molecule has 0 radical (unpaired) electrons. The predicted molar refractivity (Wildman–Crippen MR) is 68.7 cm³/mol. The molecule has 0 saturated heterocycles. The molecule has 0 amide bonds. The van der Waals surface area contributed by atoms with Gasteiger partial charge in [-0.3, -0.25) is 4.79 Å². The van der Waals surface area contributed by atoms with Gasteiger partial charge in [0.2, 0.25) is 0 Å². The molecule has 1 unspecified atom stereocenters. The first-order valence-electron chi connectivity index (χ1n) is 5.26.